The Balaban J connectivity index is 1.82. The first-order chi connectivity index (χ1) is 11.6. The minimum atomic E-state index is -4.63. The molecule has 0 aromatic heterocycles. The summed E-state index contributed by atoms with van der Waals surface area (Å²) in [4.78, 5) is -0.489. The van der Waals surface area contributed by atoms with Crippen molar-refractivity contribution in [3.63, 3.8) is 0 Å². The first-order valence-electron chi connectivity index (χ1n) is 7.60. The van der Waals surface area contributed by atoms with E-state index >= 15 is 0 Å². The fourth-order valence-corrected chi connectivity index (χ4v) is 4.12. The lowest BCUT2D eigenvalue weighted by atomic mass is 9.96. The smallest absolute Gasteiger partial charge is 0.384 e. The van der Waals surface area contributed by atoms with Gasteiger partial charge in [-0.3, -0.25) is 0 Å². The number of hydrogen-bond acceptors (Lipinski definition) is 3. The molecule has 0 fully saturated rings. The molecule has 1 aliphatic rings. The van der Waals surface area contributed by atoms with E-state index in [1.807, 2.05) is 12.1 Å². The van der Waals surface area contributed by atoms with Crippen molar-refractivity contribution in [3.8, 4) is 0 Å². The molecule has 25 heavy (non-hydrogen) atoms. The van der Waals surface area contributed by atoms with Gasteiger partial charge in [0.15, 0.2) is 0 Å². The van der Waals surface area contributed by atoms with Crippen molar-refractivity contribution in [2.45, 2.75) is 29.5 Å². The number of fused-ring (bicyclic) bond motifs is 1. The van der Waals surface area contributed by atoms with E-state index in [9.17, 15) is 26.7 Å². The molecule has 3 rings (SSSR count). The molecule has 1 aliphatic carbocycles. The van der Waals surface area contributed by atoms with E-state index in [1.54, 1.807) is 12.1 Å². The fourth-order valence-electron chi connectivity index (χ4n) is 2.99. The zero-order valence-electron chi connectivity index (χ0n) is 13.0. The van der Waals surface area contributed by atoms with Gasteiger partial charge in [0.1, 0.15) is 5.60 Å². The zero-order chi connectivity index (χ0) is 18.3. The maximum absolute atomic E-state index is 12.8. The number of nitrogens with one attached hydrogen (secondary N) is 1. The van der Waals surface area contributed by atoms with Gasteiger partial charge in [-0.05, 0) is 42.2 Å². The maximum atomic E-state index is 12.8. The highest BCUT2D eigenvalue weighted by molar-refractivity contribution is 7.89. The van der Waals surface area contributed by atoms with Gasteiger partial charge < -0.3 is 5.11 Å². The second-order valence-corrected chi connectivity index (χ2v) is 7.81. The second-order valence-electron chi connectivity index (χ2n) is 6.04. The van der Waals surface area contributed by atoms with Gasteiger partial charge in [0.25, 0.3) is 0 Å². The number of sulfonamides is 1. The first kappa shape index (κ1) is 17.9. The lowest BCUT2D eigenvalue weighted by Gasteiger charge is -2.24. The SMILES string of the molecule is O=S(=O)(NC[C@]1(O)CCc2ccccc21)c1cccc(C(F)(F)F)c1. The first-order valence-corrected chi connectivity index (χ1v) is 9.08. The molecule has 2 aromatic carbocycles. The number of alkyl halides is 3. The number of benzene rings is 2. The minimum Gasteiger partial charge on any atom is -0.384 e. The highest BCUT2D eigenvalue weighted by Gasteiger charge is 2.38. The van der Waals surface area contributed by atoms with E-state index in [2.05, 4.69) is 4.72 Å². The van der Waals surface area contributed by atoms with Gasteiger partial charge in [0.2, 0.25) is 10.0 Å². The molecule has 4 nitrogen and oxygen atoms in total. The van der Waals surface area contributed by atoms with Crippen LogP contribution in [0.4, 0.5) is 13.2 Å². The number of halogens is 3. The molecule has 0 radical (unpaired) electrons. The molecule has 0 unspecified atom stereocenters. The van der Waals surface area contributed by atoms with Gasteiger partial charge >= 0.3 is 6.18 Å². The molecular formula is C17H16F3NO3S. The summed E-state index contributed by atoms with van der Waals surface area (Å²) in [5.41, 5.74) is -0.837. The average molecular weight is 371 g/mol. The molecule has 0 bridgehead atoms. The average Bonchev–Trinajstić information content (AvgIpc) is 2.91. The molecule has 0 saturated carbocycles. The van der Waals surface area contributed by atoms with E-state index < -0.39 is 32.3 Å². The molecule has 0 heterocycles. The Bertz CT molecular complexity index is 896. The summed E-state index contributed by atoms with van der Waals surface area (Å²) in [6, 6.07) is 10.7. The normalized spacial score (nSPS) is 20.5. The zero-order valence-corrected chi connectivity index (χ0v) is 13.9. The summed E-state index contributed by atoms with van der Waals surface area (Å²) in [6.07, 6.45) is -3.68. The van der Waals surface area contributed by atoms with Gasteiger partial charge in [-0.1, -0.05) is 30.3 Å². The van der Waals surface area contributed by atoms with Crippen molar-refractivity contribution in [1.29, 1.82) is 0 Å². The lowest BCUT2D eigenvalue weighted by Crippen LogP contribution is -2.39. The monoisotopic (exact) mass is 371 g/mol. The summed E-state index contributed by atoms with van der Waals surface area (Å²) in [5.74, 6) is 0. The molecule has 0 spiro atoms. The van der Waals surface area contributed by atoms with E-state index in [4.69, 9.17) is 0 Å². The van der Waals surface area contributed by atoms with Crippen LogP contribution in [0.3, 0.4) is 0 Å². The number of hydrogen-bond donors (Lipinski definition) is 2. The molecule has 2 N–H and O–H groups in total. The second kappa shape index (κ2) is 6.12. The maximum Gasteiger partial charge on any atom is 0.416 e. The molecule has 0 amide bonds. The topological polar surface area (TPSA) is 66.4 Å². The van der Waals surface area contributed by atoms with Crippen LogP contribution in [0.5, 0.6) is 0 Å². The molecule has 8 heteroatoms. The van der Waals surface area contributed by atoms with Gasteiger partial charge in [-0.2, -0.15) is 13.2 Å². The minimum absolute atomic E-state index is 0.303. The van der Waals surface area contributed by atoms with Crippen molar-refractivity contribution in [2.24, 2.45) is 0 Å². The molecule has 0 aliphatic heterocycles. The standard InChI is InChI=1S/C17H16F3NO3S/c18-17(19,20)13-5-3-6-14(10-13)25(23,24)21-11-16(22)9-8-12-4-1-2-7-15(12)16/h1-7,10,21-22H,8-9,11H2/t16-/m1/s1. The number of aliphatic hydroxyl groups is 1. The van der Waals surface area contributed by atoms with Crippen molar-refractivity contribution < 1.29 is 26.7 Å². The van der Waals surface area contributed by atoms with Crippen molar-refractivity contribution in [2.75, 3.05) is 6.54 Å². The third-order valence-electron chi connectivity index (χ3n) is 4.35. The largest absolute Gasteiger partial charge is 0.416 e. The van der Waals surface area contributed by atoms with Gasteiger partial charge in [-0.15, -0.1) is 0 Å². The summed E-state index contributed by atoms with van der Waals surface area (Å²) in [5, 5.41) is 10.7. The van der Waals surface area contributed by atoms with Crippen LogP contribution in [0.1, 0.15) is 23.1 Å². The predicted octanol–water partition coefficient (Wildman–Crippen LogP) is 2.82. The van der Waals surface area contributed by atoms with Crippen LogP contribution in [0.25, 0.3) is 0 Å². The van der Waals surface area contributed by atoms with Crippen molar-refractivity contribution >= 4 is 10.0 Å². The van der Waals surface area contributed by atoms with Gasteiger partial charge in [-0.25, -0.2) is 13.1 Å². The molecular weight excluding hydrogens is 355 g/mol. The van der Waals surface area contributed by atoms with Gasteiger partial charge in [0.05, 0.1) is 10.5 Å². The quantitative estimate of drug-likeness (QED) is 0.869. The van der Waals surface area contributed by atoms with Crippen LogP contribution in [-0.4, -0.2) is 20.1 Å². The van der Waals surface area contributed by atoms with Crippen LogP contribution >= 0.6 is 0 Å². The van der Waals surface area contributed by atoms with Crippen LogP contribution in [0.15, 0.2) is 53.4 Å². The highest BCUT2D eigenvalue weighted by Crippen LogP contribution is 2.36. The Labute approximate surface area is 143 Å². The van der Waals surface area contributed by atoms with Crippen LogP contribution < -0.4 is 4.72 Å². The number of rotatable bonds is 4. The lowest BCUT2D eigenvalue weighted by molar-refractivity contribution is -0.137. The fraction of sp³-hybridized carbons (Fsp3) is 0.294. The van der Waals surface area contributed by atoms with E-state index in [0.717, 1.165) is 23.8 Å². The Morgan fingerprint density at radius 1 is 1.12 bits per heavy atom. The molecule has 1 atom stereocenters. The predicted molar refractivity (Wildman–Crippen MR) is 85.3 cm³/mol. The Morgan fingerprint density at radius 3 is 2.56 bits per heavy atom. The van der Waals surface area contributed by atoms with E-state index in [-0.39, 0.29) is 6.54 Å². The molecule has 0 saturated heterocycles. The van der Waals surface area contributed by atoms with Crippen LogP contribution in [0.2, 0.25) is 0 Å². The third kappa shape index (κ3) is 3.56. The van der Waals surface area contributed by atoms with Crippen LogP contribution in [0, 0.1) is 0 Å². The van der Waals surface area contributed by atoms with Crippen molar-refractivity contribution in [1.82, 2.24) is 4.72 Å². The summed E-state index contributed by atoms with van der Waals surface area (Å²) < 4.78 is 65.2. The van der Waals surface area contributed by atoms with Crippen LogP contribution in [-0.2, 0) is 28.2 Å². The summed E-state index contributed by atoms with van der Waals surface area (Å²) >= 11 is 0. The molecule has 2 aromatic rings. The Hall–Kier alpha value is -1.90. The Kier molecular flexibility index (Phi) is 4.38. The van der Waals surface area contributed by atoms with E-state index in [0.29, 0.717) is 24.5 Å². The summed E-state index contributed by atoms with van der Waals surface area (Å²) in [7, 11) is -4.18. The third-order valence-corrected chi connectivity index (χ3v) is 5.75. The van der Waals surface area contributed by atoms with Gasteiger partial charge in [0, 0.05) is 6.54 Å². The summed E-state index contributed by atoms with van der Waals surface area (Å²) in [6.45, 7) is -0.303. The van der Waals surface area contributed by atoms with Crippen molar-refractivity contribution in [3.05, 3.63) is 65.2 Å². The van der Waals surface area contributed by atoms with E-state index in [1.165, 1.54) is 0 Å². The highest BCUT2D eigenvalue weighted by atomic mass is 32.2. The molecule has 134 valence electrons. The number of aryl methyl sites for hydroxylation is 1. The Morgan fingerprint density at radius 2 is 1.84 bits per heavy atom.